The number of primary sulfonamides is 1. The molecule has 1 saturated heterocycles. The maximum absolute atomic E-state index is 12.8. The molecule has 152 valence electrons. The molecule has 4 N–H and O–H groups in total. The molecule has 10 heteroatoms. The first kappa shape index (κ1) is 20.3. The largest absolute Gasteiger partial charge is 0.350 e. The van der Waals surface area contributed by atoms with E-state index in [-0.39, 0.29) is 23.9 Å². The highest BCUT2D eigenvalue weighted by Crippen LogP contribution is 2.32. The van der Waals surface area contributed by atoms with Gasteiger partial charge in [-0.05, 0) is 30.5 Å². The van der Waals surface area contributed by atoms with Crippen LogP contribution in [0.4, 0.5) is 4.79 Å². The lowest BCUT2D eigenvalue weighted by Crippen LogP contribution is -2.47. The summed E-state index contributed by atoms with van der Waals surface area (Å²) in [6.07, 6.45) is 5.03. The van der Waals surface area contributed by atoms with Crippen LogP contribution in [0.5, 0.6) is 0 Å². The number of urea groups is 1. The number of carbonyl (C=O) groups excluding carboxylic acids is 3. The zero-order valence-corrected chi connectivity index (χ0v) is 16.3. The fourth-order valence-electron chi connectivity index (χ4n) is 3.69. The van der Waals surface area contributed by atoms with Crippen molar-refractivity contribution in [2.75, 3.05) is 6.54 Å². The number of hydrogen-bond acceptors (Lipinski definition) is 5. The Morgan fingerprint density at radius 3 is 2.29 bits per heavy atom. The summed E-state index contributed by atoms with van der Waals surface area (Å²) in [6.45, 7) is -0.208. The summed E-state index contributed by atoms with van der Waals surface area (Å²) in [5.41, 5.74) is -0.199. The molecule has 4 amide bonds. The number of nitrogens with two attached hydrogens (primary N) is 1. The molecule has 0 bridgehead atoms. The third kappa shape index (κ3) is 4.33. The molecule has 2 fully saturated rings. The number of imide groups is 1. The van der Waals surface area contributed by atoms with Gasteiger partial charge >= 0.3 is 6.03 Å². The van der Waals surface area contributed by atoms with Crippen molar-refractivity contribution in [3.05, 3.63) is 29.8 Å². The molecule has 9 nitrogen and oxygen atoms in total. The highest BCUT2D eigenvalue weighted by molar-refractivity contribution is 7.89. The van der Waals surface area contributed by atoms with Gasteiger partial charge in [0.25, 0.3) is 5.91 Å². The number of amides is 4. The number of hydrogen-bond donors (Lipinski definition) is 3. The van der Waals surface area contributed by atoms with Crippen LogP contribution in [0.15, 0.2) is 29.2 Å². The summed E-state index contributed by atoms with van der Waals surface area (Å²) < 4.78 is 22.5. The molecule has 1 saturated carbocycles. The van der Waals surface area contributed by atoms with E-state index in [1.54, 1.807) is 0 Å². The van der Waals surface area contributed by atoms with E-state index in [4.69, 9.17) is 5.14 Å². The first-order chi connectivity index (χ1) is 13.2. The average molecular weight is 408 g/mol. The summed E-state index contributed by atoms with van der Waals surface area (Å²) in [7, 11) is -3.77. The topological polar surface area (TPSA) is 139 Å². The molecule has 1 aliphatic heterocycles. The summed E-state index contributed by atoms with van der Waals surface area (Å²) in [6, 6.07) is 5.25. The first-order valence-corrected chi connectivity index (χ1v) is 10.8. The molecule has 1 aromatic carbocycles. The number of sulfonamides is 1. The van der Waals surface area contributed by atoms with Crippen molar-refractivity contribution in [3.8, 4) is 0 Å². The number of nitrogens with zero attached hydrogens (tertiary/aromatic N) is 1. The van der Waals surface area contributed by atoms with Gasteiger partial charge in [0.05, 0.1) is 4.90 Å². The van der Waals surface area contributed by atoms with Gasteiger partial charge in [-0.1, -0.05) is 37.8 Å². The van der Waals surface area contributed by atoms with E-state index in [0.717, 1.165) is 30.6 Å². The Balaban J connectivity index is 1.57. The minimum atomic E-state index is -3.77. The Hall–Kier alpha value is -2.46. The maximum atomic E-state index is 12.8. The molecule has 1 aliphatic carbocycles. The first-order valence-electron chi connectivity index (χ1n) is 9.24. The molecule has 3 rings (SSSR count). The van der Waals surface area contributed by atoms with Crippen LogP contribution >= 0.6 is 0 Å². The lowest BCUT2D eigenvalue weighted by Gasteiger charge is -2.24. The van der Waals surface area contributed by atoms with Crippen LogP contribution in [-0.4, -0.2) is 43.2 Å². The van der Waals surface area contributed by atoms with E-state index in [9.17, 15) is 22.8 Å². The van der Waals surface area contributed by atoms with E-state index in [1.165, 1.54) is 24.3 Å². The van der Waals surface area contributed by atoms with Gasteiger partial charge in [0.1, 0.15) is 12.1 Å². The molecule has 0 unspecified atom stereocenters. The number of nitrogens with one attached hydrogen (secondary N) is 2. The van der Waals surface area contributed by atoms with E-state index < -0.39 is 27.5 Å². The van der Waals surface area contributed by atoms with Gasteiger partial charge in [0.15, 0.2) is 0 Å². The van der Waals surface area contributed by atoms with Crippen LogP contribution in [0.3, 0.4) is 0 Å². The Bertz CT molecular complexity index is 874. The summed E-state index contributed by atoms with van der Waals surface area (Å²) in [4.78, 5) is 38.2. The Morgan fingerprint density at radius 2 is 1.71 bits per heavy atom. The van der Waals surface area contributed by atoms with Crippen molar-refractivity contribution in [1.29, 1.82) is 0 Å². The van der Waals surface area contributed by atoms with Crippen LogP contribution in [-0.2, 0) is 26.2 Å². The normalized spacial score (nSPS) is 19.4. The second-order valence-electron chi connectivity index (χ2n) is 7.28. The molecular formula is C18H24N4O5S. The molecule has 0 radical (unpaired) electrons. The molecular weight excluding hydrogens is 384 g/mol. The van der Waals surface area contributed by atoms with Crippen molar-refractivity contribution < 1.29 is 22.8 Å². The van der Waals surface area contributed by atoms with Crippen molar-refractivity contribution in [2.24, 2.45) is 5.14 Å². The number of carbonyl (C=O) groups is 3. The minimum Gasteiger partial charge on any atom is -0.350 e. The van der Waals surface area contributed by atoms with Crippen LogP contribution in [0.1, 0.15) is 44.1 Å². The minimum absolute atomic E-state index is 0.0180. The van der Waals surface area contributed by atoms with E-state index in [2.05, 4.69) is 10.6 Å². The zero-order chi connectivity index (χ0) is 20.4. The highest BCUT2D eigenvalue weighted by atomic mass is 32.2. The average Bonchev–Trinajstić information content (AvgIpc) is 2.82. The van der Waals surface area contributed by atoms with E-state index in [1.807, 2.05) is 0 Å². The van der Waals surface area contributed by atoms with Crippen molar-refractivity contribution in [1.82, 2.24) is 15.5 Å². The predicted octanol–water partition coefficient (Wildman–Crippen LogP) is 0.595. The number of rotatable bonds is 5. The van der Waals surface area contributed by atoms with Gasteiger partial charge in [-0.25, -0.2) is 18.4 Å². The van der Waals surface area contributed by atoms with Crippen molar-refractivity contribution in [2.45, 2.75) is 55.5 Å². The molecule has 0 aromatic heterocycles. The Morgan fingerprint density at radius 1 is 1.11 bits per heavy atom. The fourth-order valence-corrected chi connectivity index (χ4v) is 4.20. The molecule has 1 heterocycles. The number of benzene rings is 1. The second kappa shape index (κ2) is 7.88. The molecule has 1 aromatic rings. The molecule has 28 heavy (non-hydrogen) atoms. The quantitative estimate of drug-likeness (QED) is 0.612. The smallest absolute Gasteiger partial charge is 0.325 e. The van der Waals surface area contributed by atoms with Crippen LogP contribution in [0.25, 0.3) is 0 Å². The van der Waals surface area contributed by atoms with E-state index in [0.29, 0.717) is 18.4 Å². The lowest BCUT2D eigenvalue weighted by molar-refractivity contribution is -0.135. The predicted molar refractivity (Wildman–Crippen MR) is 100 cm³/mol. The standard InChI is InChI=1S/C18H24N4O5S/c19-28(26,27)14-7-5-13(6-8-14)11-20-15(23)12-22-16(24)18(21-17(22)25)9-3-1-2-4-10-18/h5-8H,1-4,9-12H2,(H,20,23)(H,21,25)(H2,19,26,27). The van der Waals surface area contributed by atoms with Gasteiger partial charge < -0.3 is 10.6 Å². The van der Waals surface area contributed by atoms with Gasteiger partial charge in [0, 0.05) is 6.54 Å². The summed E-state index contributed by atoms with van der Waals surface area (Å²) in [5.74, 6) is -0.795. The summed E-state index contributed by atoms with van der Waals surface area (Å²) in [5, 5.41) is 10.5. The second-order valence-corrected chi connectivity index (χ2v) is 8.84. The molecule has 2 aliphatic rings. The van der Waals surface area contributed by atoms with Crippen molar-refractivity contribution in [3.63, 3.8) is 0 Å². The van der Waals surface area contributed by atoms with Gasteiger partial charge in [-0.2, -0.15) is 0 Å². The maximum Gasteiger partial charge on any atom is 0.325 e. The Kier molecular flexibility index (Phi) is 5.71. The summed E-state index contributed by atoms with van der Waals surface area (Å²) >= 11 is 0. The molecule has 0 atom stereocenters. The third-order valence-electron chi connectivity index (χ3n) is 5.25. The van der Waals surface area contributed by atoms with Crippen LogP contribution in [0, 0.1) is 0 Å². The third-order valence-corrected chi connectivity index (χ3v) is 6.18. The van der Waals surface area contributed by atoms with Gasteiger partial charge in [-0.3, -0.25) is 14.5 Å². The highest BCUT2D eigenvalue weighted by Gasteiger charge is 2.51. The lowest BCUT2D eigenvalue weighted by atomic mass is 9.90. The van der Waals surface area contributed by atoms with Crippen LogP contribution < -0.4 is 15.8 Å². The van der Waals surface area contributed by atoms with E-state index >= 15 is 0 Å². The van der Waals surface area contributed by atoms with Gasteiger partial charge in [0.2, 0.25) is 15.9 Å². The molecule has 1 spiro atoms. The zero-order valence-electron chi connectivity index (χ0n) is 15.4. The monoisotopic (exact) mass is 408 g/mol. The van der Waals surface area contributed by atoms with Gasteiger partial charge in [-0.15, -0.1) is 0 Å². The van der Waals surface area contributed by atoms with Crippen molar-refractivity contribution >= 4 is 27.9 Å². The SMILES string of the molecule is NS(=O)(=O)c1ccc(CNC(=O)CN2C(=O)NC3(CCCCCC3)C2=O)cc1. The fraction of sp³-hybridized carbons (Fsp3) is 0.500. The van der Waals surface area contributed by atoms with Crippen LogP contribution in [0.2, 0.25) is 0 Å². The Labute approximate surface area is 163 Å².